The van der Waals surface area contributed by atoms with Gasteiger partial charge in [0.2, 0.25) is 0 Å². The van der Waals surface area contributed by atoms with E-state index in [1.54, 1.807) is 0 Å². The molecule has 1 amide bonds. The summed E-state index contributed by atoms with van der Waals surface area (Å²) in [5.74, 6) is 0.449. The molecule has 1 heterocycles. The molecule has 4 heteroatoms. The maximum Gasteiger partial charge on any atom is 0.407 e. The van der Waals surface area contributed by atoms with E-state index in [4.69, 9.17) is 4.74 Å². The standard InChI is InChI=1S/C19H30N2O2/c1-14-11-15(2)21(12-16-9-7-6-8-10-16)13-17(14)20-18(22)23-19(3,4)5/h6-10,14-15,17H,11-13H2,1-5H3,(H,20,22)/t14-,15-,17-/m0/s1. The van der Waals surface area contributed by atoms with Gasteiger partial charge in [0.25, 0.3) is 0 Å². The Morgan fingerprint density at radius 2 is 1.91 bits per heavy atom. The van der Waals surface area contributed by atoms with E-state index in [2.05, 4.69) is 48.3 Å². The Balaban J connectivity index is 1.96. The highest BCUT2D eigenvalue weighted by Crippen LogP contribution is 2.24. The molecule has 4 nitrogen and oxygen atoms in total. The number of carbonyl (C=O) groups is 1. The van der Waals surface area contributed by atoms with E-state index in [-0.39, 0.29) is 12.1 Å². The van der Waals surface area contributed by atoms with Crippen molar-refractivity contribution in [3.8, 4) is 0 Å². The molecule has 0 saturated carbocycles. The third-order valence-corrected chi connectivity index (χ3v) is 4.38. The second-order valence-corrected chi connectivity index (χ2v) is 7.73. The molecular formula is C19H30N2O2. The normalized spacial score (nSPS) is 25.9. The number of ether oxygens (including phenoxy) is 1. The van der Waals surface area contributed by atoms with Crippen molar-refractivity contribution in [2.75, 3.05) is 6.54 Å². The monoisotopic (exact) mass is 318 g/mol. The summed E-state index contributed by atoms with van der Waals surface area (Å²) in [6.07, 6.45) is 0.761. The molecule has 1 fully saturated rings. The average molecular weight is 318 g/mol. The summed E-state index contributed by atoms with van der Waals surface area (Å²) >= 11 is 0. The number of nitrogens with one attached hydrogen (secondary N) is 1. The predicted octanol–water partition coefficient (Wildman–Crippen LogP) is 3.81. The van der Waals surface area contributed by atoms with E-state index in [1.807, 2.05) is 26.8 Å². The molecule has 23 heavy (non-hydrogen) atoms. The van der Waals surface area contributed by atoms with Gasteiger partial charge in [-0.15, -0.1) is 0 Å². The molecule has 1 N–H and O–H groups in total. The van der Waals surface area contributed by atoms with Crippen molar-refractivity contribution >= 4 is 6.09 Å². The van der Waals surface area contributed by atoms with Crippen LogP contribution in [0.15, 0.2) is 30.3 Å². The first-order valence-corrected chi connectivity index (χ1v) is 8.52. The van der Waals surface area contributed by atoms with E-state index in [0.29, 0.717) is 12.0 Å². The topological polar surface area (TPSA) is 41.6 Å². The van der Waals surface area contributed by atoms with Crippen molar-refractivity contribution < 1.29 is 9.53 Å². The lowest BCUT2D eigenvalue weighted by Gasteiger charge is -2.42. The van der Waals surface area contributed by atoms with E-state index in [9.17, 15) is 4.79 Å². The maximum absolute atomic E-state index is 12.1. The number of likely N-dealkylation sites (tertiary alicyclic amines) is 1. The molecular weight excluding hydrogens is 288 g/mol. The number of amides is 1. The van der Waals surface area contributed by atoms with Gasteiger partial charge in [-0.25, -0.2) is 4.79 Å². The van der Waals surface area contributed by atoms with Crippen LogP contribution in [0.2, 0.25) is 0 Å². The molecule has 0 aliphatic carbocycles. The first kappa shape index (κ1) is 17.8. The first-order valence-electron chi connectivity index (χ1n) is 8.52. The number of hydrogen-bond acceptors (Lipinski definition) is 3. The number of alkyl carbamates (subject to hydrolysis) is 1. The van der Waals surface area contributed by atoms with Gasteiger partial charge in [-0.1, -0.05) is 37.3 Å². The second-order valence-electron chi connectivity index (χ2n) is 7.73. The van der Waals surface area contributed by atoms with Crippen LogP contribution in [0.4, 0.5) is 4.79 Å². The summed E-state index contributed by atoms with van der Waals surface area (Å²) in [7, 11) is 0. The van der Waals surface area contributed by atoms with Gasteiger partial charge in [-0.3, -0.25) is 4.90 Å². The molecule has 0 radical (unpaired) electrons. The number of rotatable bonds is 3. The van der Waals surface area contributed by atoms with Crippen LogP contribution in [0.25, 0.3) is 0 Å². The zero-order chi connectivity index (χ0) is 17.0. The number of nitrogens with zero attached hydrogens (tertiary/aromatic N) is 1. The number of carbonyl (C=O) groups excluding carboxylic acids is 1. The summed E-state index contributed by atoms with van der Waals surface area (Å²) < 4.78 is 5.40. The minimum Gasteiger partial charge on any atom is -0.444 e. The molecule has 0 bridgehead atoms. The van der Waals surface area contributed by atoms with Crippen LogP contribution in [0, 0.1) is 5.92 Å². The number of hydrogen-bond donors (Lipinski definition) is 1. The molecule has 1 aromatic rings. The highest BCUT2D eigenvalue weighted by molar-refractivity contribution is 5.68. The predicted molar refractivity (Wildman–Crippen MR) is 93.3 cm³/mol. The van der Waals surface area contributed by atoms with Gasteiger partial charge < -0.3 is 10.1 Å². The number of piperidine rings is 1. The van der Waals surface area contributed by atoms with Crippen molar-refractivity contribution in [3.63, 3.8) is 0 Å². The lowest BCUT2D eigenvalue weighted by molar-refractivity contribution is 0.0377. The largest absolute Gasteiger partial charge is 0.444 e. The van der Waals surface area contributed by atoms with Gasteiger partial charge in [-0.2, -0.15) is 0 Å². The van der Waals surface area contributed by atoms with Crippen molar-refractivity contribution in [1.82, 2.24) is 10.2 Å². The Kier molecular flexibility index (Phi) is 5.69. The minimum atomic E-state index is -0.459. The van der Waals surface area contributed by atoms with Crippen LogP contribution in [-0.2, 0) is 11.3 Å². The fourth-order valence-electron chi connectivity index (χ4n) is 3.15. The number of benzene rings is 1. The first-order chi connectivity index (χ1) is 10.7. The van der Waals surface area contributed by atoms with Crippen LogP contribution in [0.3, 0.4) is 0 Å². The zero-order valence-electron chi connectivity index (χ0n) is 15.0. The smallest absolute Gasteiger partial charge is 0.407 e. The molecule has 0 aromatic heterocycles. The Bertz CT molecular complexity index is 510. The summed E-state index contributed by atoms with van der Waals surface area (Å²) in [4.78, 5) is 14.5. The van der Waals surface area contributed by atoms with E-state index in [0.717, 1.165) is 19.5 Å². The zero-order valence-corrected chi connectivity index (χ0v) is 15.0. The molecule has 3 atom stereocenters. The van der Waals surface area contributed by atoms with Crippen LogP contribution in [0.5, 0.6) is 0 Å². The molecule has 1 aromatic carbocycles. The van der Waals surface area contributed by atoms with Gasteiger partial charge in [-0.05, 0) is 45.6 Å². The molecule has 128 valence electrons. The molecule has 1 saturated heterocycles. The third kappa shape index (κ3) is 5.54. The Morgan fingerprint density at radius 3 is 2.52 bits per heavy atom. The van der Waals surface area contributed by atoms with Gasteiger partial charge in [0, 0.05) is 25.2 Å². The van der Waals surface area contributed by atoms with Crippen molar-refractivity contribution in [2.24, 2.45) is 5.92 Å². The van der Waals surface area contributed by atoms with Crippen molar-refractivity contribution in [3.05, 3.63) is 35.9 Å². The van der Waals surface area contributed by atoms with E-state index >= 15 is 0 Å². The lowest BCUT2D eigenvalue weighted by atomic mass is 9.88. The molecule has 2 rings (SSSR count). The third-order valence-electron chi connectivity index (χ3n) is 4.38. The SMILES string of the molecule is C[C@H]1C[C@H](C)N(Cc2ccccc2)C[C@@H]1NC(=O)OC(C)(C)C. The van der Waals surface area contributed by atoms with E-state index < -0.39 is 5.60 Å². The summed E-state index contributed by atoms with van der Waals surface area (Å²) in [5, 5.41) is 3.06. The highest BCUT2D eigenvalue weighted by atomic mass is 16.6. The Labute approximate surface area is 140 Å². The summed E-state index contributed by atoms with van der Waals surface area (Å²) in [6.45, 7) is 11.9. The van der Waals surface area contributed by atoms with Crippen LogP contribution >= 0.6 is 0 Å². The summed E-state index contributed by atoms with van der Waals surface area (Å²) in [5.41, 5.74) is 0.851. The summed E-state index contributed by atoms with van der Waals surface area (Å²) in [6, 6.07) is 11.1. The molecule has 0 spiro atoms. The molecule has 1 aliphatic rings. The van der Waals surface area contributed by atoms with Gasteiger partial charge in [0.15, 0.2) is 0 Å². The molecule has 1 aliphatic heterocycles. The van der Waals surface area contributed by atoms with Gasteiger partial charge in [0.1, 0.15) is 5.60 Å². The quantitative estimate of drug-likeness (QED) is 0.921. The van der Waals surface area contributed by atoms with Gasteiger partial charge in [0.05, 0.1) is 0 Å². The van der Waals surface area contributed by atoms with Crippen molar-refractivity contribution in [1.29, 1.82) is 0 Å². The maximum atomic E-state index is 12.1. The lowest BCUT2D eigenvalue weighted by Crippen LogP contribution is -2.55. The van der Waals surface area contributed by atoms with Crippen LogP contribution < -0.4 is 5.32 Å². The Hall–Kier alpha value is -1.55. The van der Waals surface area contributed by atoms with Crippen LogP contribution in [-0.4, -0.2) is 35.2 Å². The molecule has 0 unspecified atom stereocenters. The second kappa shape index (κ2) is 7.35. The van der Waals surface area contributed by atoms with Crippen LogP contribution in [0.1, 0.15) is 46.6 Å². The highest BCUT2D eigenvalue weighted by Gasteiger charge is 2.32. The minimum absolute atomic E-state index is 0.129. The fourth-order valence-corrected chi connectivity index (χ4v) is 3.15. The Morgan fingerprint density at radius 1 is 1.26 bits per heavy atom. The fraction of sp³-hybridized carbons (Fsp3) is 0.632. The van der Waals surface area contributed by atoms with E-state index in [1.165, 1.54) is 5.56 Å². The average Bonchev–Trinajstić information content (AvgIpc) is 2.43. The van der Waals surface area contributed by atoms with Crippen molar-refractivity contribution in [2.45, 2.75) is 65.3 Å². The van der Waals surface area contributed by atoms with Gasteiger partial charge >= 0.3 is 6.09 Å².